The second-order valence-electron chi connectivity index (χ2n) is 5.03. The molecule has 114 valence electrons. The molecule has 0 spiro atoms. The Morgan fingerprint density at radius 3 is 2.15 bits per heavy atom. The lowest BCUT2D eigenvalue weighted by Gasteiger charge is -2.22. The summed E-state index contributed by atoms with van der Waals surface area (Å²) in [6.07, 6.45) is 3.54. The molecule has 0 amide bonds. The number of phenolic OH excluding ortho intramolecular Hbond substituents is 1. The van der Waals surface area contributed by atoms with Crippen molar-refractivity contribution >= 4 is 10.0 Å². The molecule has 1 rings (SSSR count). The molecule has 0 saturated heterocycles. The zero-order valence-corrected chi connectivity index (χ0v) is 13.4. The molecule has 1 aromatic carbocycles. The Morgan fingerprint density at radius 2 is 1.65 bits per heavy atom. The minimum absolute atomic E-state index is 0.0182. The number of para-hydroxylation sites is 1. The molecular formula is C15H25NO3S. The third-order valence-corrected chi connectivity index (χ3v) is 5.27. The van der Waals surface area contributed by atoms with Gasteiger partial charge in [-0.05, 0) is 31.4 Å². The number of sulfonamides is 1. The van der Waals surface area contributed by atoms with Crippen LogP contribution < -0.4 is 0 Å². The van der Waals surface area contributed by atoms with Gasteiger partial charge < -0.3 is 5.11 Å². The Morgan fingerprint density at radius 1 is 1.10 bits per heavy atom. The molecule has 20 heavy (non-hydrogen) atoms. The molecule has 0 saturated carbocycles. The van der Waals surface area contributed by atoms with Gasteiger partial charge in [-0.1, -0.05) is 38.8 Å². The van der Waals surface area contributed by atoms with Crippen molar-refractivity contribution in [3.05, 3.63) is 23.8 Å². The standard InChI is InChI=1S/C15H25NO3S/c1-4-6-11-16(12-7-5-2)20(18,19)14-10-8-9-13(3)15(14)17/h8-10,17H,4-7,11-12H2,1-3H3. The van der Waals surface area contributed by atoms with E-state index >= 15 is 0 Å². The number of aryl methyl sites for hydroxylation is 1. The van der Waals surface area contributed by atoms with Crippen molar-refractivity contribution in [3.63, 3.8) is 0 Å². The van der Waals surface area contributed by atoms with E-state index in [-0.39, 0.29) is 10.6 Å². The number of aromatic hydroxyl groups is 1. The molecule has 0 unspecified atom stereocenters. The smallest absolute Gasteiger partial charge is 0.246 e. The van der Waals surface area contributed by atoms with E-state index in [1.54, 1.807) is 19.1 Å². The van der Waals surface area contributed by atoms with Crippen LogP contribution in [0, 0.1) is 6.92 Å². The van der Waals surface area contributed by atoms with Crippen LogP contribution in [0.2, 0.25) is 0 Å². The van der Waals surface area contributed by atoms with Gasteiger partial charge in [0.05, 0.1) is 0 Å². The van der Waals surface area contributed by atoms with Crippen LogP contribution in [0.4, 0.5) is 0 Å². The first-order valence-electron chi connectivity index (χ1n) is 7.23. The Hall–Kier alpha value is -1.07. The summed E-state index contributed by atoms with van der Waals surface area (Å²) in [5.74, 6) is -0.134. The molecule has 0 fully saturated rings. The summed E-state index contributed by atoms with van der Waals surface area (Å²) in [5, 5.41) is 10.0. The lowest BCUT2D eigenvalue weighted by molar-refractivity contribution is 0.389. The van der Waals surface area contributed by atoms with Gasteiger partial charge in [0.2, 0.25) is 10.0 Å². The maximum absolute atomic E-state index is 12.7. The van der Waals surface area contributed by atoms with Crippen LogP contribution in [0.1, 0.15) is 45.1 Å². The van der Waals surface area contributed by atoms with E-state index in [4.69, 9.17) is 0 Å². The van der Waals surface area contributed by atoms with Crippen molar-refractivity contribution in [2.24, 2.45) is 0 Å². The van der Waals surface area contributed by atoms with E-state index in [0.717, 1.165) is 25.7 Å². The summed E-state index contributed by atoms with van der Waals surface area (Å²) in [6.45, 7) is 6.79. The first kappa shape index (κ1) is 17.0. The number of hydrogen-bond donors (Lipinski definition) is 1. The summed E-state index contributed by atoms with van der Waals surface area (Å²) >= 11 is 0. The molecular weight excluding hydrogens is 274 g/mol. The predicted molar refractivity (Wildman–Crippen MR) is 81.4 cm³/mol. The fourth-order valence-electron chi connectivity index (χ4n) is 2.00. The number of rotatable bonds is 8. The van der Waals surface area contributed by atoms with E-state index in [1.165, 1.54) is 10.4 Å². The van der Waals surface area contributed by atoms with Gasteiger partial charge >= 0.3 is 0 Å². The van der Waals surface area contributed by atoms with Crippen molar-refractivity contribution in [1.29, 1.82) is 0 Å². The average molecular weight is 299 g/mol. The maximum Gasteiger partial charge on any atom is 0.246 e. The molecule has 0 heterocycles. The molecule has 1 aromatic rings. The normalized spacial score (nSPS) is 12.0. The monoisotopic (exact) mass is 299 g/mol. The average Bonchev–Trinajstić information content (AvgIpc) is 2.41. The number of nitrogens with zero attached hydrogens (tertiary/aromatic N) is 1. The van der Waals surface area contributed by atoms with Gasteiger partial charge in [-0.15, -0.1) is 0 Å². The van der Waals surface area contributed by atoms with Crippen LogP contribution >= 0.6 is 0 Å². The first-order chi connectivity index (χ1) is 9.45. The largest absolute Gasteiger partial charge is 0.506 e. The van der Waals surface area contributed by atoms with Gasteiger partial charge in [-0.2, -0.15) is 4.31 Å². The van der Waals surface area contributed by atoms with Crippen LogP contribution in [0.5, 0.6) is 5.75 Å². The van der Waals surface area contributed by atoms with Crippen LogP contribution in [-0.4, -0.2) is 30.9 Å². The van der Waals surface area contributed by atoms with Gasteiger partial charge in [-0.3, -0.25) is 0 Å². The fourth-order valence-corrected chi connectivity index (χ4v) is 3.67. The molecule has 4 nitrogen and oxygen atoms in total. The van der Waals surface area contributed by atoms with Crippen molar-refractivity contribution in [1.82, 2.24) is 4.31 Å². The van der Waals surface area contributed by atoms with Gasteiger partial charge in [0, 0.05) is 13.1 Å². The molecule has 5 heteroatoms. The molecule has 0 aliphatic carbocycles. The van der Waals surface area contributed by atoms with Crippen molar-refractivity contribution in [3.8, 4) is 5.75 Å². The maximum atomic E-state index is 12.7. The van der Waals surface area contributed by atoms with Crippen LogP contribution in [0.15, 0.2) is 23.1 Å². The molecule has 0 bridgehead atoms. The highest BCUT2D eigenvalue weighted by Gasteiger charge is 2.26. The van der Waals surface area contributed by atoms with Crippen LogP contribution in [0.3, 0.4) is 0 Å². The molecule has 0 aliphatic rings. The minimum atomic E-state index is -3.62. The quantitative estimate of drug-likeness (QED) is 0.801. The highest BCUT2D eigenvalue weighted by Crippen LogP contribution is 2.29. The fraction of sp³-hybridized carbons (Fsp3) is 0.600. The number of benzene rings is 1. The lowest BCUT2D eigenvalue weighted by atomic mass is 10.2. The van der Waals surface area contributed by atoms with Gasteiger partial charge in [0.15, 0.2) is 0 Å². The van der Waals surface area contributed by atoms with E-state index in [1.807, 2.05) is 13.8 Å². The highest BCUT2D eigenvalue weighted by atomic mass is 32.2. The van der Waals surface area contributed by atoms with Gasteiger partial charge in [0.25, 0.3) is 0 Å². The summed E-state index contributed by atoms with van der Waals surface area (Å²) in [7, 11) is -3.62. The SMILES string of the molecule is CCCCN(CCCC)S(=O)(=O)c1cccc(C)c1O. The number of unbranched alkanes of at least 4 members (excludes halogenated alkanes) is 2. The van der Waals surface area contributed by atoms with E-state index in [0.29, 0.717) is 18.7 Å². The van der Waals surface area contributed by atoms with Crippen molar-refractivity contribution in [2.75, 3.05) is 13.1 Å². The second kappa shape index (κ2) is 7.64. The molecule has 0 atom stereocenters. The van der Waals surface area contributed by atoms with E-state index < -0.39 is 10.0 Å². The Balaban J connectivity index is 3.11. The molecule has 0 aliphatic heterocycles. The topological polar surface area (TPSA) is 57.6 Å². The van der Waals surface area contributed by atoms with Gasteiger partial charge in [-0.25, -0.2) is 8.42 Å². The minimum Gasteiger partial charge on any atom is -0.506 e. The van der Waals surface area contributed by atoms with E-state index in [9.17, 15) is 13.5 Å². The Labute approximate surface area is 122 Å². The molecule has 1 N–H and O–H groups in total. The number of hydrogen-bond acceptors (Lipinski definition) is 3. The third-order valence-electron chi connectivity index (χ3n) is 3.34. The third kappa shape index (κ3) is 3.96. The zero-order chi connectivity index (χ0) is 15.2. The van der Waals surface area contributed by atoms with Crippen LogP contribution in [-0.2, 0) is 10.0 Å². The van der Waals surface area contributed by atoms with Gasteiger partial charge in [0.1, 0.15) is 10.6 Å². The molecule has 0 aromatic heterocycles. The predicted octanol–water partition coefficient (Wildman–Crippen LogP) is 3.29. The second-order valence-corrected chi connectivity index (χ2v) is 6.94. The van der Waals surface area contributed by atoms with Crippen molar-refractivity contribution < 1.29 is 13.5 Å². The number of phenols is 1. The zero-order valence-electron chi connectivity index (χ0n) is 12.6. The first-order valence-corrected chi connectivity index (χ1v) is 8.67. The van der Waals surface area contributed by atoms with E-state index in [2.05, 4.69) is 0 Å². The Kier molecular flexibility index (Phi) is 6.49. The summed E-state index contributed by atoms with van der Waals surface area (Å²) in [6, 6.07) is 4.85. The summed E-state index contributed by atoms with van der Waals surface area (Å²) in [4.78, 5) is 0.0182. The molecule has 0 radical (unpaired) electrons. The Bertz CT molecular complexity index is 518. The van der Waals surface area contributed by atoms with Crippen molar-refractivity contribution in [2.45, 2.75) is 51.3 Å². The van der Waals surface area contributed by atoms with Crippen LogP contribution in [0.25, 0.3) is 0 Å². The summed E-state index contributed by atoms with van der Waals surface area (Å²) in [5.41, 5.74) is 0.581. The highest BCUT2D eigenvalue weighted by molar-refractivity contribution is 7.89. The summed E-state index contributed by atoms with van der Waals surface area (Å²) < 4.78 is 26.9. The lowest BCUT2D eigenvalue weighted by Crippen LogP contribution is -2.33.